The van der Waals surface area contributed by atoms with Crippen molar-refractivity contribution in [1.82, 2.24) is 10.6 Å². The molecule has 3 atom stereocenters. The van der Waals surface area contributed by atoms with Gasteiger partial charge >= 0.3 is 12.1 Å². The van der Waals surface area contributed by atoms with Crippen LogP contribution in [-0.2, 0) is 14.3 Å². The maximum absolute atomic E-state index is 12.9. The number of hydrogen-bond acceptors (Lipinski definition) is 4. The normalized spacial score (nSPS) is 15.0. The van der Waals surface area contributed by atoms with Crippen molar-refractivity contribution in [3.8, 4) is 11.1 Å². The predicted molar refractivity (Wildman–Crippen MR) is 135 cm³/mol. The van der Waals surface area contributed by atoms with Gasteiger partial charge in [0.25, 0.3) is 0 Å². The first-order chi connectivity index (χ1) is 16.7. The topological polar surface area (TPSA) is 105 Å². The van der Waals surface area contributed by atoms with Gasteiger partial charge in [-0.05, 0) is 40.5 Å². The highest BCUT2D eigenvalue weighted by Gasteiger charge is 2.30. The number of aliphatic carboxylic acids is 1. The van der Waals surface area contributed by atoms with Gasteiger partial charge in [0.2, 0.25) is 5.91 Å². The van der Waals surface area contributed by atoms with Gasteiger partial charge in [0, 0.05) is 12.5 Å². The number of carbonyl (C=O) groups is 3. The number of alkyl carbamates (subject to hydrolysis) is 1. The van der Waals surface area contributed by atoms with Gasteiger partial charge in [-0.3, -0.25) is 4.79 Å². The van der Waals surface area contributed by atoms with E-state index in [0.29, 0.717) is 6.42 Å². The number of nitrogens with one attached hydrogen (secondary N) is 2. The molecule has 0 saturated heterocycles. The first-order valence-electron chi connectivity index (χ1n) is 12.3. The van der Waals surface area contributed by atoms with Crippen LogP contribution in [-0.4, -0.2) is 42.3 Å². The van der Waals surface area contributed by atoms with E-state index in [0.717, 1.165) is 28.7 Å². The van der Waals surface area contributed by atoms with Crippen LogP contribution in [0.25, 0.3) is 11.1 Å². The minimum atomic E-state index is -1.05. The molecule has 35 heavy (non-hydrogen) atoms. The average Bonchev–Trinajstić information content (AvgIpc) is 3.15. The summed E-state index contributed by atoms with van der Waals surface area (Å²) < 4.78 is 5.56. The first-order valence-corrected chi connectivity index (χ1v) is 12.3. The molecule has 1 aliphatic carbocycles. The van der Waals surface area contributed by atoms with Crippen molar-refractivity contribution in [2.24, 2.45) is 17.8 Å². The molecule has 7 heteroatoms. The Morgan fingerprint density at radius 1 is 0.971 bits per heavy atom. The lowest BCUT2D eigenvalue weighted by atomic mass is 9.93. The van der Waals surface area contributed by atoms with E-state index in [1.54, 1.807) is 0 Å². The quantitative estimate of drug-likeness (QED) is 0.428. The van der Waals surface area contributed by atoms with E-state index >= 15 is 0 Å². The van der Waals surface area contributed by atoms with E-state index in [1.165, 1.54) is 0 Å². The number of carbonyl (C=O) groups excluding carboxylic acids is 2. The van der Waals surface area contributed by atoms with Crippen molar-refractivity contribution in [3.05, 3.63) is 59.7 Å². The molecule has 1 aliphatic rings. The number of rotatable bonds is 11. The molecule has 0 spiro atoms. The zero-order valence-corrected chi connectivity index (χ0v) is 20.9. The number of benzene rings is 2. The van der Waals surface area contributed by atoms with Crippen LogP contribution >= 0.6 is 0 Å². The molecular weight excluding hydrogens is 444 g/mol. The van der Waals surface area contributed by atoms with E-state index in [4.69, 9.17) is 4.74 Å². The van der Waals surface area contributed by atoms with E-state index in [1.807, 2.05) is 52.0 Å². The second-order valence-electron chi connectivity index (χ2n) is 9.71. The van der Waals surface area contributed by atoms with Crippen molar-refractivity contribution in [2.75, 3.05) is 13.2 Å². The second kappa shape index (κ2) is 11.9. The molecule has 2 amide bonds. The molecule has 3 rings (SSSR count). The van der Waals surface area contributed by atoms with Gasteiger partial charge in [0.05, 0.1) is 5.92 Å². The Bertz CT molecular complexity index is 1010. The van der Waals surface area contributed by atoms with Crippen molar-refractivity contribution in [3.63, 3.8) is 0 Å². The zero-order valence-electron chi connectivity index (χ0n) is 20.9. The van der Waals surface area contributed by atoms with E-state index in [2.05, 4.69) is 34.9 Å². The van der Waals surface area contributed by atoms with Gasteiger partial charge in [-0.25, -0.2) is 9.59 Å². The number of hydrogen-bond donors (Lipinski definition) is 3. The van der Waals surface area contributed by atoms with Crippen molar-refractivity contribution in [2.45, 2.75) is 52.5 Å². The third kappa shape index (κ3) is 6.41. The number of fused-ring (bicyclic) bond motifs is 3. The molecule has 0 aliphatic heterocycles. The summed E-state index contributed by atoms with van der Waals surface area (Å²) in [5, 5.41) is 14.9. The third-order valence-corrected chi connectivity index (χ3v) is 6.90. The van der Waals surface area contributed by atoms with Crippen LogP contribution < -0.4 is 10.6 Å². The highest BCUT2D eigenvalue weighted by Crippen LogP contribution is 2.44. The Morgan fingerprint density at radius 2 is 1.54 bits per heavy atom. The Balaban J connectivity index is 1.57. The molecule has 0 saturated carbocycles. The van der Waals surface area contributed by atoms with Crippen LogP contribution in [0, 0.1) is 17.8 Å². The predicted octanol–water partition coefficient (Wildman–Crippen LogP) is 4.80. The van der Waals surface area contributed by atoms with Gasteiger partial charge in [-0.2, -0.15) is 0 Å². The van der Waals surface area contributed by atoms with Crippen LogP contribution in [0.3, 0.4) is 0 Å². The van der Waals surface area contributed by atoms with Crippen LogP contribution in [0.5, 0.6) is 0 Å². The second-order valence-corrected chi connectivity index (χ2v) is 9.71. The van der Waals surface area contributed by atoms with Gasteiger partial charge in [-0.1, -0.05) is 82.6 Å². The van der Waals surface area contributed by atoms with E-state index < -0.39 is 24.0 Å². The molecule has 0 radical (unpaired) electrons. The number of carboxylic acid groups (broad SMARTS) is 1. The zero-order chi connectivity index (χ0) is 25.5. The monoisotopic (exact) mass is 480 g/mol. The molecule has 0 fully saturated rings. The summed E-state index contributed by atoms with van der Waals surface area (Å²) in [7, 11) is 0. The standard InChI is InChI=1S/C28H36N2O5/c1-5-18(4)14-25(27(32)33)30-26(31)23(17(2)3)15-29-28(34)35-16-24-21-12-8-6-10-19(21)20-11-7-9-13-22(20)24/h6-13,17-18,23-25H,5,14-16H2,1-4H3,(H,29,34)(H,30,31)(H,32,33). The molecule has 188 valence electrons. The Hall–Kier alpha value is -3.35. The smallest absolute Gasteiger partial charge is 0.407 e. The summed E-state index contributed by atoms with van der Waals surface area (Å²) >= 11 is 0. The molecule has 0 heterocycles. The lowest BCUT2D eigenvalue weighted by molar-refractivity contribution is -0.143. The number of carboxylic acids is 1. The molecule has 2 aromatic carbocycles. The van der Waals surface area contributed by atoms with Crippen molar-refractivity contribution < 1.29 is 24.2 Å². The van der Waals surface area contributed by atoms with Gasteiger partial charge in [-0.15, -0.1) is 0 Å². The van der Waals surface area contributed by atoms with Crippen LogP contribution in [0.2, 0.25) is 0 Å². The highest BCUT2D eigenvalue weighted by atomic mass is 16.5. The van der Waals surface area contributed by atoms with Crippen molar-refractivity contribution in [1.29, 1.82) is 0 Å². The minimum Gasteiger partial charge on any atom is -0.480 e. The fourth-order valence-corrected chi connectivity index (χ4v) is 4.54. The molecule has 7 nitrogen and oxygen atoms in total. The summed E-state index contributed by atoms with van der Waals surface area (Å²) in [5.41, 5.74) is 4.56. The molecular formula is C28H36N2O5. The van der Waals surface area contributed by atoms with Crippen LogP contribution in [0.4, 0.5) is 4.79 Å². The van der Waals surface area contributed by atoms with Crippen molar-refractivity contribution >= 4 is 18.0 Å². The fourth-order valence-electron chi connectivity index (χ4n) is 4.54. The summed E-state index contributed by atoms with van der Waals surface area (Å²) in [6, 6.07) is 15.3. The lowest BCUT2D eigenvalue weighted by Gasteiger charge is -2.24. The molecule has 3 unspecified atom stereocenters. The summed E-state index contributed by atoms with van der Waals surface area (Å²) in [4.78, 5) is 37.0. The highest BCUT2D eigenvalue weighted by molar-refractivity contribution is 5.85. The summed E-state index contributed by atoms with van der Waals surface area (Å²) in [5.74, 6) is -1.97. The minimum absolute atomic E-state index is 0.0470. The summed E-state index contributed by atoms with van der Waals surface area (Å²) in [6.45, 7) is 7.94. The average molecular weight is 481 g/mol. The molecule has 0 aromatic heterocycles. The largest absolute Gasteiger partial charge is 0.480 e. The molecule has 2 aromatic rings. The SMILES string of the molecule is CCC(C)CC(NC(=O)C(CNC(=O)OCC1c2ccccc2-c2ccccc21)C(C)C)C(=O)O. The van der Waals surface area contributed by atoms with Gasteiger partial charge in [0.15, 0.2) is 0 Å². The molecule has 3 N–H and O–H groups in total. The van der Waals surface area contributed by atoms with Gasteiger partial charge < -0.3 is 20.5 Å². The van der Waals surface area contributed by atoms with E-state index in [-0.39, 0.29) is 36.8 Å². The lowest BCUT2D eigenvalue weighted by Crippen LogP contribution is -2.48. The Morgan fingerprint density at radius 3 is 2.06 bits per heavy atom. The first kappa shape index (κ1) is 26.3. The third-order valence-electron chi connectivity index (χ3n) is 6.90. The number of ether oxygens (including phenoxy) is 1. The number of amides is 2. The van der Waals surface area contributed by atoms with E-state index in [9.17, 15) is 19.5 Å². The Kier molecular flexibility index (Phi) is 8.90. The Labute approximate surface area is 207 Å². The maximum Gasteiger partial charge on any atom is 0.407 e. The molecule has 0 bridgehead atoms. The summed E-state index contributed by atoms with van der Waals surface area (Å²) in [6.07, 6.45) is 0.596. The maximum atomic E-state index is 12.9. The van der Waals surface area contributed by atoms with Crippen LogP contribution in [0.15, 0.2) is 48.5 Å². The fraction of sp³-hybridized carbons (Fsp3) is 0.464. The van der Waals surface area contributed by atoms with Gasteiger partial charge in [0.1, 0.15) is 12.6 Å². The van der Waals surface area contributed by atoms with Crippen LogP contribution in [0.1, 0.15) is 57.6 Å².